The van der Waals surface area contributed by atoms with Crippen LogP contribution in [-0.4, -0.2) is 76.6 Å². The van der Waals surface area contributed by atoms with Gasteiger partial charge in [0, 0.05) is 30.7 Å². The summed E-state index contributed by atoms with van der Waals surface area (Å²) in [5, 5.41) is 21.0. The van der Waals surface area contributed by atoms with E-state index in [1.54, 1.807) is 0 Å². The van der Waals surface area contributed by atoms with Gasteiger partial charge in [-0.05, 0) is 53.0 Å². The van der Waals surface area contributed by atoms with E-state index in [-0.39, 0.29) is 29.2 Å². The summed E-state index contributed by atoms with van der Waals surface area (Å²) in [6, 6.07) is 0.387. The molecule has 7 heteroatoms. The summed E-state index contributed by atoms with van der Waals surface area (Å²) in [6.45, 7) is 5.03. The third-order valence-corrected chi connectivity index (χ3v) is 6.93. The lowest BCUT2D eigenvalue weighted by molar-refractivity contribution is -0.152. The fraction of sp³-hybridized carbons (Fsp3) is 0.947. The fourth-order valence-electron chi connectivity index (χ4n) is 5.35. The van der Waals surface area contributed by atoms with Crippen LogP contribution in [0.1, 0.15) is 58.8 Å². The maximum absolute atomic E-state index is 13.0. The molecule has 1 N–H and O–H groups in total. The van der Waals surface area contributed by atoms with E-state index in [2.05, 4.69) is 23.8 Å². The number of hydrogen-bond acceptors (Lipinski definition) is 7. The van der Waals surface area contributed by atoms with Gasteiger partial charge in [0.2, 0.25) is 0 Å². The molecular weight excluding hydrogens is 334 g/mol. The lowest BCUT2D eigenvalue weighted by Gasteiger charge is -2.42. The Hall–Kier alpha value is -0.570. The van der Waals surface area contributed by atoms with Crippen molar-refractivity contribution in [3.8, 4) is 0 Å². The first-order valence-electron chi connectivity index (χ1n) is 10.2. The molecule has 1 aliphatic heterocycles. The number of rotatable bonds is 6. The Balaban J connectivity index is 1.62. The van der Waals surface area contributed by atoms with Gasteiger partial charge in [-0.1, -0.05) is 12.8 Å². The molecule has 0 amide bonds. The Kier molecular flexibility index (Phi) is 6.69. The van der Waals surface area contributed by atoms with Crippen molar-refractivity contribution in [1.82, 2.24) is 15.0 Å². The van der Waals surface area contributed by atoms with Gasteiger partial charge in [-0.15, -0.1) is 0 Å². The molecule has 2 aliphatic carbocycles. The molecule has 0 aromatic carbocycles. The molecule has 0 radical (unpaired) electrons. The molecule has 0 bridgehead atoms. The van der Waals surface area contributed by atoms with Crippen molar-refractivity contribution in [2.75, 3.05) is 20.2 Å². The third kappa shape index (κ3) is 3.98. The Labute approximate surface area is 156 Å². The summed E-state index contributed by atoms with van der Waals surface area (Å²) in [4.78, 5) is 17.8. The zero-order valence-corrected chi connectivity index (χ0v) is 16.3. The van der Waals surface area contributed by atoms with Gasteiger partial charge in [0.1, 0.15) is 5.78 Å². The number of hydroxylamine groups is 2. The molecule has 0 aromatic heterocycles. The highest BCUT2D eigenvalue weighted by Crippen LogP contribution is 2.36. The number of ketones is 1. The smallest absolute Gasteiger partial charge is 0.150 e. The normalized spacial score (nSPS) is 39.3. The van der Waals surface area contributed by atoms with Gasteiger partial charge in [0.25, 0.3) is 0 Å². The highest BCUT2D eigenvalue weighted by Gasteiger charge is 2.45. The molecule has 6 atom stereocenters. The van der Waals surface area contributed by atoms with Crippen LogP contribution >= 0.6 is 0 Å². The van der Waals surface area contributed by atoms with Crippen LogP contribution in [-0.2, 0) is 9.53 Å². The number of fused-ring (bicyclic) bond motifs is 1. The minimum Gasteiger partial charge on any atom is -0.762 e. The number of ether oxygens (including phenoxy) is 1. The van der Waals surface area contributed by atoms with E-state index in [0.29, 0.717) is 38.1 Å². The Morgan fingerprint density at radius 3 is 2.58 bits per heavy atom. The number of carbonyl (C=O) groups is 1. The second-order valence-electron chi connectivity index (χ2n) is 8.23. The summed E-state index contributed by atoms with van der Waals surface area (Å²) >= 11 is 0. The molecule has 0 aromatic rings. The van der Waals surface area contributed by atoms with Gasteiger partial charge in [-0.3, -0.25) is 19.8 Å². The minimum absolute atomic E-state index is 0.00317. The molecule has 3 rings (SSSR count). The maximum atomic E-state index is 13.0. The topological polar surface area (TPSA) is 79.3 Å². The van der Waals surface area contributed by atoms with Crippen LogP contribution in [0.4, 0.5) is 0 Å². The van der Waals surface area contributed by atoms with E-state index < -0.39 is 6.04 Å². The molecule has 3 aliphatic rings. The SMILES string of the molecule is CCOC1CCC(C(=O)CN2C3CCCCC3N(C)C2C)CC1N([O-])O. The van der Waals surface area contributed by atoms with Crippen molar-refractivity contribution in [3.63, 3.8) is 0 Å². The second-order valence-corrected chi connectivity index (χ2v) is 8.23. The van der Waals surface area contributed by atoms with Gasteiger partial charge in [-0.25, -0.2) is 0 Å². The van der Waals surface area contributed by atoms with Gasteiger partial charge >= 0.3 is 0 Å². The van der Waals surface area contributed by atoms with Crippen LogP contribution in [0.3, 0.4) is 0 Å². The van der Waals surface area contributed by atoms with Gasteiger partial charge < -0.3 is 15.2 Å². The maximum Gasteiger partial charge on any atom is 0.150 e. The number of hydrogen-bond donors (Lipinski definition) is 1. The summed E-state index contributed by atoms with van der Waals surface area (Å²) in [5.74, 6) is 0.0405. The molecule has 2 saturated carbocycles. The van der Waals surface area contributed by atoms with Crippen LogP contribution in [0.15, 0.2) is 0 Å². The Morgan fingerprint density at radius 2 is 1.92 bits per heavy atom. The standard InChI is InChI=1S/C19H34N3O4/c1-4-26-19-10-9-14(11-17(19)22(24)25)18(23)12-21-13(2)20(3)15-7-5-6-8-16(15)21/h13-17,19,24H,4-12H2,1-3H3/q-1. The van der Waals surface area contributed by atoms with E-state index in [1.165, 1.54) is 19.3 Å². The minimum atomic E-state index is -0.640. The van der Waals surface area contributed by atoms with Crippen molar-refractivity contribution >= 4 is 5.78 Å². The number of carbonyl (C=O) groups excluding carboxylic acids is 1. The summed E-state index contributed by atoms with van der Waals surface area (Å²) in [5.41, 5.74) is 0. The van der Waals surface area contributed by atoms with E-state index in [0.717, 1.165) is 12.8 Å². The van der Waals surface area contributed by atoms with Crippen molar-refractivity contribution in [2.24, 2.45) is 5.92 Å². The number of Topliss-reactive ketones (excluding diaryl/α,β-unsaturated/α-hetero) is 1. The van der Waals surface area contributed by atoms with E-state index in [1.807, 2.05) is 6.92 Å². The summed E-state index contributed by atoms with van der Waals surface area (Å²) < 4.78 is 5.59. The molecule has 6 unspecified atom stereocenters. The summed E-state index contributed by atoms with van der Waals surface area (Å²) in [7, 11) is 2.17. The highest BCUT2D eigenvalue weighted by molar-refractivity contribution is 5.83. The van der Waals surface area contributed by atoms with Crippen molar-refractivity contribution < 1.29 is 14.7 Å². The molecule has 150 valence electrons. The fourth-order valence-corrected chi connectivity index (χ4v) is 5.35. The average molecular weight is 368 g/mol. The van der Waals surface area contributed by atoms with Crippen LogP contribution in [0.5, 0.6) is 0 Å². The zero-order valence-electron chi connectivity index (χ0n) is 16.3. The first-order valence-corrected chi connectivity index (χ1v) is 10.2. The van der Waals surface area contributed by atoms with E-state index in [9.17, 15) is 15.2 Å². The van der Waals surface area contributed by atoms with Gasteiger partial charge in [0.15, 0.2) is 0 Å². The molecule has 26 heavy (non-hydrogen) atoms. The predicted molar refractivity (Wildman–Crippen MR) is 98.5 cm³/mol. The quantitative estimate of drug-likeness (QED) is 0.720. The molecule has 7 nitrogen and oxygen atoms in total. The third-order valence-electron chi connectivity index (χ3n) is 6.93. The van der Waals surface area contributed by atoms with Gasteiger partial charge in [0.05, 0.1) is 18.8 Å². The lowest BCUT2D eigenvalue weighted by atomic mass is 9.81. The van der Waals surface area contributed by atoms with E-state index >= 15 is 0 Å². The monoisotopic (exact) mass is 368 g/mol. The first-order chi connectivity index (χ1) is 12.4. The van der Waals surface area contributed by atoms with Gasteiger partial charge in [-0.2, -0.15) is 0 Å². The number of likely N-dealkylation sites (N-methyl/N-ethyl adjacent to an activating group) is 1. The molecule has 1 saturated heterocycles. The summed E-state index contributed by atoms with van der Waals surface area (Å²) in [6.07, 6.45) is 6.65. The van der Waals surface area contributed by atoms with Crippen molar-refractivity contribution in [1.29, 1.82) is 0 Å². The Bertz CT molecular complexity index is 489. The van der Waals surface area contributed by atoms with E-state index in [4.69, 9.17) is 4.74 Å². The highest BCUT2D eigenvalue weighted by atomic mass is 16.8. The molecule has 3 fully saturated rings. The van der Waals surface area contributed by atoms with Crippen LogP contribution < -0.4 is 0 Å². The predicted octanol–water partition coefficient (Wildman–Crippen LogP) is 2.22. The number of nitrogens with zero attached hydrogens (tertiary/aromatic N) is 3. The first kappa shape index (κ1) is 20.2. The average Bonchev–Trinajstić information content (AvgIpc) is 2.87. The van der Waals surface area contributed by atoms with Crippen molar-refractivity contribution in [3.05, 3.63) is 5.21 Å². The van der Waals surface area contributed by atoms with Crippen LogP contribution in [0.2, 0.25) is 0 Å². The lowest BCUT2D eigenvalue weighted by Crippen LogP contribution is -2.48. The largest absolute Gasteiger partial charge is 0.762 e. The van der Waals surface area contributed by atoms with Crippen LogP contribution in [0, 0.1) is 11.1 Å². The van der Waals surface area contributed by atoms with Crippen molar-refractivity contribution in [2.45, 2.75) is 89.2 Å². The second kappa shape index (κ2) is 8.63. The van der Waals surface area contributed by atoms with Crippen LogP contribution in [0.25, 0.3) is 0 Å². The Morgan fingerprint density at radius 1 is 1.23 bits per heavy atom. The molecular formula is C19H34N3O4-. The zero-order chi connectivity index (χ0) is 18.8. The molecule has 0 spiro atoms. The molecule has 1 heterocycles.